The summed E-state index contributed by atoms with van der Waals surface area (Å²) < 4.78 is 33.3. The number of aliphatic hydroxyl groups excluding tert-OH is 2. The van der Waals surface area contributed by atoms with Gasteiger partial charge in [0, 0.05) is 13.0 Å². The summed E-state index contributed by atoms with van der Waals surface area (Å²) in [6.45, 7) is 3.37. The van der Waals surface area contributed by atoms with E-state index in [1.807, 2.05) is 0 Å². The molecule has 0 amide bonds. The molecule has 3 unspecified atom stereocenters. The number of phosphoric acid groups is 1. The molecule has 0 aliphatic heterocycles. The number of aliphatic hydroxyl groups is 2. The lowest BCUT2D eigenvalue weighted by Crippen LogP contribution is -2.29. The highest BCUT2D eigenvalue weighted by atomic mass is 31.2. The molecule has 0 radical (unpaired) electrons. The Morgan fingerprint density at radius 1 is 0.593 bits per heavy atom. The van der Waals surface area contributed by atoms with Crippen LogP contribution in [0.1, 0.15) is 181 Å². The summed E-state index contributed by atoms with van der Waals surface area (Å²) in [6, 6.07) is 0. The van der Waals surface area contributed by atoms with Gasteiger partial charge in [-0.3, -0.25) is 13.8 Å². The van der Waals surface area contributed by atoms with Crippen LogP contribution in [0.5, 0.6) is 0 Å². The fourth-order valence-corrected chi connectivity index (χ4v) is 6.51. The zero-order chi connectivity index (χ0) is 39.6. The largest absolute Gasteiger partial charge is 0.472 e. The van der Waals surface area contributed by atoms with Gasteiger partial charge in [-0.05, 0) is 70.6 Å². The number of hydrogen-bond donors (Lipinski definition) is 3. The Hall–Kier alpha value is -1.58. The first-order valence-corrected chi connectivity index (χ1v) is 23.1. The van der Waals surface area contributed by atoms with Crippen molar-refractivity contribution in [2.75, 3.05) is 33.0 Å². The van der Waals surface area contributed by atoms with Gasteiger partial charge >= 0.3 is 13.8 Å². The normalized spacial score (nSPS) is 14.5. The first-order valence-electron chi connectivity index (χ1n) is 21.6. The van der Waals surface area contributed by atoms with E-state index in [0.717, 1.165) is 77.0 Å². The van der Waals surface area contributed by atoms with Crippen molar-refractivity contribution >= 4 is 13.8 Å². The smallest absolute Gasteiger partial charge is 0.457 e. The Morgan fingerprint density at radius 2 is 1.06 bits per heavy atom. The second kappa shape index (κ2) is 41.1. The SMILES string of the molecule is CC/C=C\C/C=C\C/C=C\CCCCCCCCOCC(COP(=O)(O)OCC(O)CO)OC(=O)CCCCCCCCC/C=C\CCCCCCCC. The molecule has 0 fully saturated rings. The van der Waals surface area contributed by atoms with Gasteiger partial charge in [0.25, 0.3) is 0 Å². The van der Waals surface area contributed by atoms with Crippen LogP contribution in [0.3, 0.4) is 0 Å². The van der Waals surface area contributed by atoms with Gasteiger partial charge in [-0.1, -0.05) is 152 Å². The van der Waals surface area contributed by atoms with Crippen molar-refractivity contribution < 1.29 is 43.0 Å². The van der Waals surface area contributed by atoms with Crippen molar-refractivity contribution in [1.29, 1.82) is 0 Å². The van der Waals surface area contributed by atoms with Gasteiger partial charge < -0.3 is 24.6 Å². The number of carbonyl (C=O) groups excluding carboxylic acids is 1. The van der Waals surface area contributed by atoms with Gasteiger partial charge in [0.15, 0.2) is 0 Å². The van der Waals surface area contributed by atoms with E-state index in [0.29, 0.717) is 6.61 Å². The fourth-order valence-electron chi connectivity index (χ4n) is 5.72. The van der Waals surface area contributed by atoms with Crippen molar-refractivity contribution in [2.24, 2.45) is 0 Å². The number of allylic oxidation sites excluding steroid dienone is 8. The molecule has 9 nitrogen and oxygen atoms in total. The minimum Gasteiger partial charge on any atom is -0.457 e. The van der Waals surface area contributed by atoms with Crippen LogP contribution in [0.15, 0.2) is 48.6 Å². The van der Waals surface area contributed by atoms with Crippen molar-refractivity contribution in [3.63, 3.8) is 0 Å². The van der Waals surface area contributed by atoms with Crippen LogP contribution in [0, 0.1) is 0 Å². The molecule has 0 saturated heterocycles. The highest BCUT2D eigenvalue weighted by Gasteiger charge is 2.26. The highest BCUT2D eigenvalue weighted by molar-refractivity contribution is 7.47. The van der Waals surface area contributed by atoms with Crippen LogP contribution in [0.25, 0.3) is 0 Å². The molecule has 10 heteroatoms. The predicted octanol–water partition coefficient (Wildman–Crippen LogP) is 11.8. The minimum atomic E-state index is -4.52. The molecule has 0 aliphatic carbocycles. The van der Waals surface area contributed by atoms with Crippen LogP contribution in [-0.2, 0) is 27.9 Å². The second-order valence-corrected chi connectivity index (χ2v) is 15.8. The van der Waals surface area contributed by atoms with Gasteiger partial charge in [-0.25, -0.2) is 4.57 Å². The second-order valence-electron chi connectivity index (χ2n) is 14.3. The molecule has 0 spiro atoms. The van der Waals surface area contributed by atoms with Gasteiger partial charge in [-0.2, -0.15) is 0 Å². The molecule has 0 saturated carbocycles. The predicted molar refractivity (Wildman–Crippen MR) is 223 cm³/mol. The molecular formula is C44H81O9P. The van der Waals surface area contributed by atoms with E-state index in [1.165, 1.54) is 83.5 Å². The zero-order valence-corrected chi connectivity index (χ0v) is 35.3. The van der Waals surface area contributed by atoms with Crippen molar-refractivity contribution in [2.45, 2.75) is 193 Å². The van der Waals surface area contributed by atoms with E-state index < -0.39 is 39.2 Å². The number of hydrogen-bond acceptors (Lipinski definition) is 8. The third kappa shape index (κ3) is 40.1. The standard InChI is InChI=1S/C44H81O9P/c1-3-5-7-9-11-13-15-17-19-21-22-24-26-28-30-32-34-36-44(47)53-43(41-52-54(48,49)51-39-42(46)38-45)40-50-37-35-33-31-29-27-25-23-20-18-16-14-12-10-8-6-4-2/h6,8,12,14,17-20,42-43,45-46H,3-5,7,9-11,13,15-16,21-41H2,1-2H3,(H,48,49)/b8-6-,14-12-,19-17-,20-18-. The van der Waals surface area contributed by atoms with E-state index in [-0.39, 0.29) is 19.6 Å². The molecule has 0 bridgehead atoms. The average Bonchev–Trinajstić information content (AvgIpc) is 3.16. The summed E-state index contributed by atoms with van der Waals surface area (Å²) in [5.41, 5.74) is 0. The first kappa shape index (κ1) is 52.4. The Balaban J connectivity index is 4.20. The lowest BCUT2D eigenvalue weighted by atomic mass is 10.1. The number of ether oxygens (including phenoxy) is 2. The molecule has 54 heavy (non-hydrogen) atoms. The van der Waals surface area contributed by atoms with Crippen LogP contribution < -0.4 is 0 Å². The molecule has 0 rings (SSSR count). The monoisotopic (exact) mass is 785 g/mol. The van der Waals surface area contributed by atoms with Crippen LogP contribution in [-0.4, -0.2) is 66.3 Å². The van der Waals surface area contributed by atoms with Gasteiger partial charge in [0.1, 0.15) is 12.2 Å². The number of phosphoric ester groups is 1. The third-order valence-electron chi connectivity index (χ3n) is 9.00. The van der Waals surface area contributed by atoms with Crippen molar-refractivity contribution in [3.8, 4) is 0 Å². The Morgan fingerprint density at radius 3 is 1.61 bits per heavy atom. The Bertz CT molecular complexity index is 981. The quantitative estimate of drug-likeness (QED) is 0.0240. The van der Waals surface area contributed by atoms with Crippen LogP contribution in [0.4, 0.5) is 0 Å². The Kier molecular flexibility index (Phi) is 39.9. The van der Waals surface area contributed by atoms with E-state index >= 15 is 0 Å². The van der Waals surface area contributed by atoms with Gasteiger partial charge in [0.2, 0.25) is 0 Å². The molecule has 0 aromatic heterocycles. The van der Waals surface area contributed by atoms with Crippen molar-refractivity contribution in [3.05, 3.63) is 48.6 Å². The summed E-state index contributed by atoms with van der Waals surface area (Å²) >= 11 is 0. The highest BCUT2D eigenvalue weighted by Crippen LogP contribution is 2.43. The van der Waals surface area contributed by atoms with Crippen LogP contribution >= 0.6 is 7.82 Å². The first-order chi connectivity index (χ1) is 26.3. The lowest BCUT2D eigenvalue weighted by molar-refractivity contribution is -0.154. The molecule has 0 aliphatic rings. The fraction of sp³-hybridized carbons (Fsp3) is 0.795. The van der Waals surface area contributed by atoms with E-state index in [4.69, 9.17) is 23.6 Å². The van der Waals surface area contributed by atoms with Gasteiger partial charge in [0.05, 0.1) is 26.4 Å². The average molecular weight is 785 g/mol. The van der Waals surface area contributed by atoms with Gasteiger partial charge in [-0.15, -0.1) is 0 Å². The summed E-state index contributed by atoms with van der Waals surface area (Å²) in [6.07, 6.45) is 44.9. The third-order valence-corrected chi connectivity index (χ3v) is 9.95. The molecule has 316 valence electrons. The molecule has 0 heterocycles. The van der Waals surface area contributed by atoms with E-state index in [9.17, 15) is 19.4 Å². The number of unbranched alkanes of at least 4 members (excludes halogenated alkanes) is 19. The van der Waals surface area contributed by atoms with Crippen LogP contribution in [0.2, 0.25) is 0 Å². The molecular weight excluding hydrogens is 703 g/mol. The summed E-state index contributed by atoms with van der Waals surface area (Å²) in [4.78, 5) is 22.6. The molecule has 0 aromatic carbocycles. The summed E-state index contributed by atoms with van der Waals surface area (Å²) in [5.74, 6) is -0.393. The zero-order valence-electron chi connectivity index (χ0n) is 34.4. The number of carbonyl (C=O) groups is 1. The topological polar surface area (TPSA) is 132 Å². The summed E-state index contributed by atoms with van der Waals surface area (Å²) in [5, 5.41) is 18.3. The van der Waals surface area contributed by atoms with E-state index in [2.05, 4.69) is 62.5 Å². The lowest BCUT2D eigenvalue weighted by Gasteiger charge is -2.20. The Labute approximate surface area is 330 Å². The maximum Gasteiger partial charge on any atom is 0.472 e. The molecule has 3 atom stereocenters. The maximum atomic E-state index is 12.6. The minimum absolute atomic E-state index is 0.0379. The maximum absolute atomic E-state index is 12.6. The van der Waals surface area contributed by atoms with Crippen molar-refractivity contribution in [1.82, 2.24) is 0 Å². The molecule has 0 aromatic rings. The number of rotatable bonds is 41. The van der Waals surface area contributed by atoms with E-state index in [1.54, 1.807) is 0 Å². The summed E-state index contributed by atoms with van der Waals surface area (Å²) in [7, 11) is -4.52. The number of esters is 1. The molecule has 3 N–H and O–H groups in total.